The van der Waals surface area contributed by atoms with Gasteiger partial charge in [0, 0.05) is 19.7 Å². The molecule has 0 saturated carbocycles. The number of rotatable bonds is 2. The Labute approximate surface area is 89.3 Å². The Hall–Kier alpha value is -1.23. The normalized spacial score (nSPS) is 22.0. The first-order chi connectivity index (χ1) is 7.20. The quantitative estimate of drug-likeness (QED) is 0.664. The third-order valence-electron chi connectivity index (χ3n) is 2.91. The summed E-state index contributed by atoms with van der Waals surface area (Å²) in [5, 5.41) is 9.14. The van der Waals surface area contributed by atoms with Crippen LogP contribution in [0.25, 0.3) is 0 Å². The number of anilines is 2. The van der Waals surface area contributed by atoms with Gasteiger partial charge in [0.25, 0.3) is 0 Å². The van der Waals surface area contributed by atoms with E-state index in [1.165, 1.54) is 0 Å². The Kier molecular flexibility index (Phi) is 2.81. The molecule has 1 aromatic heterocycles. The maximum atomic E-state index is 9.14. The van der Waals surface area contributed by atoms with E-state index in [0.29, 0.717) is 11.7 Å². The first-order valence-electron chi connectivity index (χ1n) is 5.38. The molecule has 2 heterocycles. The lowest BCUT2D eigenvalue weighted by Gasteiger charge is -2.32. The average molecular weight is 210 g/mol. The van der Waals surface area contributed by atoms with E-state index in [2.05, 4.69) is 14.9 Å². The van der Waals surface area contributed by atoms with E-state index in [9.17, 15) is 0 Å². The number of nitrogens with one attached hydrogen (secondary N) is 1. The minimum absolute atomic E-state index is 0.250. The molecule has 1 aromatic rings. The van der Waals surface area contributed by atoms with E-state index in [-0.39, 0.29) is 6.61 Å². The van der Waals surface area contributed by atoms with Crippen LogP contribution >= 0.6 is 0 Å². The number of nitrogens with two attached hydrogens (primary N) is 1. The van der Waals surface area contributed by atoms with Crippen LogP contribution in [0.3, 0.4) is 0 Å². The smallest absolute Gasteiger partial charge is 0.171 e. The maximum Gasteiger partial charge on any atom is 0.171 e. The second-order valence-corrected chi connectivity index (χ2v) is 4.20. The molecule has 5 heteroatoms. The molecule has 1 aliphatic rings. The van der Waals surface area contributed by atoms with Gasteiger partial charge in [-0.3, -0.25) is 0 Å². The number of aromatic amines is 1. The molecule has 0 radical (unpaired) electrons. The highest BCUT2D eigenvalue weighted by atomic mass is 16.3. The molecule has 0 amide bonds. The van der Waals surface area contributed by atoms with Crippen LogP contribution in [0.1, 0.15) is 18.7 Å². The van der Waals surface area contributed by atoms with Gasteiger partial charge in [0.15, 0.2) is 5.82 Å². The summed E-state index contributed by atoms with van der Waals surface area (Å²) in [7, 11) is 0. The van der Waals surface area contributed by atoms with Crippen molar-refractivity contribution in [2.75, 3.05) is 30.3 Å². The van der Waals surface area contributed by atoms with Crippen molar-refractivity contribution in [2.45, 2.75) is 19.8 Å². The number of imidazole rings is 1. The van der Waals surface area contributed by atoms with E-state index in [1.807, 2.05) is 6.92 Å². The Balaban J connectivity index is 2.13. The van der Waals surface area contributed by atoms with Crippen LogP contribution in [0.4, 0.5) is 11.6 Å². The highest BCUT2D eigenvalue weighted by Crippen LogP contribution is 2.25. The molecule has 0 aliphatic carbocycles. The molecule has 1 aliphatic heterocycles. The van der Waals surface area contributed by atoms with Crippen molar-refractivity contribution in [3.8, 4) is 0 Å². The number of nitrogens with zero attached hydrogens (tertiary/aromatic N) is 2. The van der Waals surface area contributed by atoms with Crippen molar-refractivity contribution in [3.05, 3.63) is 5.82 Å². The number of aromatic nitrogens is 2. The van der Waals surface area contributed by atoms with Gasteiger partial charge in [-0.25, -0.2) is 4.98 Å². The predicted molar refractivity (Wildman–Crippen MR) is 59.8 cm³/mol. The van der Waals surface area contributed by atoms with E-state index in [1.54, 1.807) is 0 Å². The molecule has 1 unspecified atom stereocenters. The lowest BCUT2D eigenvalue weighted by molar-refractivity contribution is 0.208. The van der Waals surface area contributed by atoms with Gasteiger partial charge in [0.05, 0.1) is 0 Å². The summed E-state index contributed by atoms with van der Waals surface area (Å²) in [5.74, 6) is 2.67. The Morgan fingerprint density at radius 3 is 3.07 bits per heavy atom. The number of aliphatic hydroxyl groups excluding tert-OH is 1. The van der Waals surface area contributed by atoms with Gasteiger partial charge in [-0.05, 0) is 25.7 Å². The van der Waals surface area contributed by atoms with Crippen molar-refractivity contribution in [1.82, 2.24) is 9.97 Å². The van der Waals surface area contributed by atoms with Crippen LogP contribution in [0.2, 0.25) is 0 Å². The van der Waals surface area contributed by atoms with Gasteiger partial charge in [-0.2, -0.15) is 0 Å². The van der Waals surface area contributed by atoms with Crippen molar-refractivity contribution in [2.24, 2.45) is 5.92 Å². The number of H-pyrrole nitrogens is 1. The van der Waals surface area contributed by atoms with Gasteiger partial charge in [-0.1, -0.05) is 0 Å². The summed E-state index contributed by atoms with van der Waals surface area (Å²) in [5.41, 5.74) is 5.84. The van der Waals surface area contributed by atoms with Gasteiger partial charge >= 0.3 is 0 Å². The molecule has 84 valence electrons. The Bertz CT molecular complexity index is 336. The van der Waals surface area contributed by atoms with Crippen LogP contribution in [0.15, 0.2) is 0 Å². The molecule has 5 nitrogen and oxygen atoms in total. The number of piperidine rings is 1. The Morgan fingerprint density at radius 2 is 2.47 bits per heavy atom. The molecule has 0 bridgehead atoms. The van der Waals surface area contributed by atoms with E-state index in [4.69, 9.17) is 10.8 Å². The standard InChI is InChI=1S/C10H18N4O/c1-7-12-9(11)10(13-7)14-4-2-3-8(5-14)6-15/h8,15H,2-6,11H2,1H3,(H,12,13). The van der Waals surface area contributed by atoms with Crippen LogP contribution in [0.5, 0.6) is 0 Å². The van der Waals surface area contributed by atoms with Crippen molar-refractivity contribution in [1.29, 1.82) is 0 Å². The van der Waals surface area contributed by atoms with E-state index >= 15 is 0 Å². The van der Waals surface area contributed by atoms with E-state index < -0.39 is 0 Å². The van der Waals surface area contributed by atoms with Crippen molar-refractivity contribution >= 4 is 11.6 Å². The Morgan fingerprint density at radius 1 is 1.67 bits per heavy atom. The minimum Gasteiger partial charge on any atom is -0.396 e. The molecule has 0 aromatic carbocycles. The monoisotopic (exact) mass is 210 g/mol. The predicted octanol–water partition coefficient (Wildman–Crippen LogP) is 0.509. The topological polar surface area (TPSA) is 78.2 Å². The summed E-state index contributed by atoms with van der Waals surface area (Å²) in [6.07, 6.45) is 2.19. The lowest BCUT2D eigenvalue weighted by Crippen LogP contribution is -2.37. The SMILES string of the molecule is Cc1nc(N2CCCC(CO)C2)c(N)[nH]1. The second kappa shape index (κ2) is 4.10. The minimum atomic E-state index is 0.250. The zero-order valence-electron chi connectivity index (χ0n) is 9.03. The molecular formula is C10H18N4O. The van der Waals surface area contributed by atoms with Gasteiger partial charge < -0.3 is 20.7 Å². The molecule has 0 spiro atoms. The van der Waals surface area contributed by atoms with E-state index in [0.717, 1.165) is 37.6 Å². The first kappa shape index (κ1) is 10.3. The highest BCUT2D eigenvalue weighted by molar-refractivity contribution is 5.59. The van der Waals surface area contributed by atoms with Crippen LogP contribution < -0.4 is 10.6 Å². The number of hydrogen-bond donors (Lipinski definition) is 3. The van der Waals surface area contributed by atoms with Crippen LogP contribution in [-0.4, -0.2) is 34.8 Å². The van der Waals surface area contributed by atoms with Crippen LogP contribution in [0, 0.1) is 12.8 Å². The van der Waals surface area contributed by atoms with Gasteiger partial charge in [0.1, 0.15) is 11.6 Å². The molecule has 4 N–H and O–H groups in total. The summed E-state index contributed by atoms with van der Waals surface area (Å²) >= 11 is 0. The second-order valence-electron chi connectivity index (χ2n) is 4.20. The van der Waals surface area contributed by atoms with Crippen molar-refractivity contribution in [3.63, 3.8) is 0 Å². The summed E-state index contributed by atoms with van der Waals surface area (Å²) in [6, 6.07) is 0. The average Bonchev–Trinajstić information content (AvgIpc) is 2.58. The first-order valence-corrected chi connectivity index (χ1v) is 5.38. The number of aliphatic hydroxyl groups is 1. The summed E-state index contributed by atoms with van der Waals surface area (Å²) in [6.45, 7) is 3.98. The molecule has 15 heavy (non-hydrogen) atoms. The third-order valence-corrected chi connectivity index (χ3v) is 2.91. The molecule has 1 fully saturated rings. The lowest BCUT2D eigenvalue weighted by atomic mass is 9.99. The summed E-state index contributed by atoms with van der Waals surface area (Å²) in [4.78, 5) is 9.52. The maximum absolute atomic E-state index is 9.14. The zero-order chi connectivity index (χ0) is 10.8. The van der Waals surface area contributed by atoms with Gasteiger partial charge in [-0.15, -0.1) is 0 Å². The molecular weight excluding hydrogens is 192 g/mol. The van der Waals surface area contributed by atoms with Crippen molar-refractivity contribution < 1.29 is 5.11 Å². The fourth-order valence-electron chi connectivity index (χ4n) is 2.15. The highest BCUT2D eigenvalue weighted by Gasteiger charge is 2.22. The fraction of sp³-hybridized carbons (Fsp3) is 0.700. The fourth-order valence-corrected chi connectivity index (χ4v) is 2.15. The third kappa shape index (κ3) is 2.07. The molecule has 2 rings (SSSR count). The largest absolute Gasteiger partial charge is 0.396 e. The summed E-state index contributed by atoms with van der Waals surface area (Å²) < 4.78 is 0. The molecule has 1 atom stereocenters. The number of nitrogen functional groups attached to an aromatic ring is 1. The number of hydrogen-bond acceptors (Lipinski definition) is 4. The number of aryl methyl sites for hydroxylation is 1. The molecule has 1 saturated heterocycles. The van der Waals surface area contributed by atoms with Gasteiger partial charge in [0.2, 0.25) is 0 Å². The van der Waals surface area contributed by atoms with Crippen LogP contribution in [-0.2, 0) is 0 Å². The zero-order valence-corrected chi connectivity index (χ0v) is 9.03.